The Bertz CT molecular complexity index is 492. The van der Waals surface area contributed by atoms with E-state index in [-0.39, 0.29) is 6.10 Å². The average Bonchev–Trinajstić information content (AvgIpc) is 3.16. The second kappa shape index (κ2) is 11.8. The van der Waals surface area contributed by atoms with Gasteiger partial charge in [0.25, 0.3) is 0 Å². The van der Waals surface area contributed by atoms with Crippen molar-refractivity contribution in [3.63, 3.8) is 0 Å². The number of nitrogens with one attached hydrogen (secondary N) is 2. The molecule has 1 aromatic rings. The molecule has 1 aromatic heterocycles. The summed E-state index contributed by atoms with van der Waals surface area (Å²) < 4.78 is 11.2. The van der Waals surface area contributed by atoms with E-state index >= 15 is 0 Å². The highest BCUT2D eigenvalue weighted by Gasteiger charge is 2.14. The van der Waals surface area contributed by atoms with Gasteiger partial charge in [0, 0.05) is 38.7 Å². The van der Waals surface area contributed by atoms with E-state index in [1.54, 1.807) is 24.5 Å². The molecule has 0 saturated carbocycles. The van der Waals surface area contributed by atoms with Crippen LogP contribution in [0, 0.1) is 0 Å². The zero-order chi connectivity index (χ0) is 17.7. The fourth-order valence-electron chi connectivity index (χ4n) is 2.58. The van der Waals surface area contributed by atoms with Crippen LogP contribution in [-0.4, -0.2) is 61.6 Å². The van der Waals surface area contributed by atoms with Crippen molar-refractivity contribution in [1.82, 2.24) is 15.6 Å². The average molecular weight is 350 g/mol. The smallest absolute Gasteiger partial charge is 0.191 e. The summed E-state index contributed by atoms with van der Waals surface area (Å²) in [6.07, 6.45) is 6.13. The number of hydrogen-bond donors (Lipinski definition) is 3. The molecule has 1 fully saturated rings. The Labute approximate surface area is 149 Å². The van der Waals surface area contributed by atoms with Crippen molar-refractivity contribution in [3.05, 3.63) is 30.1 Å². The molecule has 140 valence electrons. The number of rotatable bonds is 10. The Hall–Kier alpha value is -1.70. The van der Waals surface area contributed by atoms with Crippen molar-refractivity contribution in [2.24, 2.45) is 4.99 Å². The molecule has 0 bridgehead atoms. The molecule has 0 amide bonds. The lowest BCUT2D eigenvalue weighted by molar-refractivity contribution is 0.0168. The highest BCUT2D eigenvalue weighted by Crippen LogP contribution is 2.12. The monoisotopic (exact) mass is 350 g/mol. The first kappa shape index (κ1) is 19.6. The molecule has 2 atom stereocenters. The van der Waals surface area contributed by atoms with Gasteiger partial charge in [-0.3, -0.25) is 9.98 Å². The van der Waals surface area contributed by atoms with Crippen molar-refractivity contribution in [1.29, 1.82) is 0 Å². The SMILES string of the molecule is CCNC(=NCC(O)c1ccncc1)NCCCOCC1CCCO1. The summed E-state index contributed by atoms with van der Waals surface area (Å²) in [6.45, 7) is 6.10. The van der Waals surface area contributed by atoms with Crippen LogP contribution >= 0.6 is 0 Å². The molecule has 1 aliphatic rings. The first-order chi connectivity index (χ1) is 12.3. The lowest BCUT2D eigenvalue weighted by atomic mass is 10.1. The first-order valence-electron chi connectivity index (χ1n) is 9.09. The zero-order valence-corrected chi connectivity index (χ0v) is 15.0. The van der Waals surface area contributed by atoms with Crippen LogP contribution < -0.4 is 10.6 Å². The predicted molar refractivity (Wildman–Crippen MR) is 97.6 cm³/mol. The van der Waals surface area contributed by atoms with Gasteiger partial charge < -0.3 is 25.2 Å². The van der Waals surface area contributed by atoms with Gasteiger partial charge in [0.05, 0.1) is 25.4 Å². The third-order valence-corrected chi connectivity index (χ3v) is 3.94. The molecule has 3 N–H and O–H groups in total. The number of hydrogen-bond acceptors (Lipinski definition) is 5. The maximum atomic E-state index is 10.2. The Kier molecular flexibility index (Phi) is 9.25. The minimum absolute atomic E-state index is 0.279. The van der Waals surface area contributed by atoms with Crippen LogP contribution in [0.4, 0.5) is 0 Å². The van der Waals surface area contributed by atoms with Gasteiger partial charge in [0.1, 0.15) is 0 Å². The normalized spacial score (nSPS) is 19.0. The number of pyridine rings is 1. The van der Waals surface area contributed by atoms with Gasteiger partial charge in [0.2, 0.25) is 0 Å². The van der Waals surface area contributed by atoms with E-state index in [1.165, 1.54) is 0 Å². The van der Waals surface area contributed by atoms with Crippen molar-refractivity contribution < 1.29 is 14.6 Å². The quantitative estimate of drug-likeness (QED) is 0.334. The van der Waals surface area contributed by atoms with Crippen LogP contribution in [0.15, 0.2) is 29.5 Å². The predicted octanol–water partition coefficient (Wildman–Crippen LogP) is 1.26. The Morgan fingerprint density at radius 2 is 2.28 bits per heavy atom. The summed E-state index contributed by atoms with van der Waals surface area (Å²) in [5.74, 6) is 0.703. The molecular weight excluding hydrogens is 320 g/mol. The van der Waals surface area contributed by atoms with Gasteiger partial charge in [0.15, 0.2) is 5.96 Å². The summed E-state index contributed by atoms with van der Waals surface area (Å²) >= 11 is 0. The lowest BCUT2D eigenvalue weighted by Gasteiger charge is -2.14. The molecule has 0 aromatic carbocycles. The standard InChI is InChI=1S/C18H30N4O3/c1-2-20-18(22-13-17(23)15-6-9-19-10-7-15)21-8-4-11-24-14-16-5-3-12-25-16/h6-7,9-10,16-17,23H,2-5,8,11-14H2,1H3,(H2,20,21,22). The second-order valence-corrected chi connectivity index (χ2v) is 6.01. The summed E-state index contributed by atoms with van der Waals surface area (Å²) in [7, 11) is 0. The topological polar surface area (TPSA) is 88.0 Å². The van der Waals surface area contributed by atoms with Crippen LogP contribution in [0.25, 0.3) is 0 Å². The molecule has 2 heterocycles. The maximum absolute atomic E-state index is 10.2. The number of ether oxygens (including phenoxy) is 2. The summed E-state index contributed by atoms with van der Waals surface area (Å²) in [6, 6.07) is 3.60. The fourth-order valence-corrected chi connectivity index (χ4v) is 2.58. The third kappa shape index (κ3) is 7.81. The van der Waals surface area contributed by atoms with E-state index in [2.05, 4.69) is 20.6 Å². The van der Waals surface area contributed by atoms with Crippen molar-refractivity contribution >= 4 is 5.96 Å². The molecule has 2 unspecified atom stereocenters. The fraction of sp³-hybridized carbons (Fsp3) is 0.667. The largest absolute Gasteiger partial charge is 0.386 e. The van der Waals surface area contributed by atoms with Gasteiger partial charge in [-0.1, -0.05) is 0 Å². The molecule has 0 aliphatic carbocycles. The molecule has 1 saturated heterocycles. The Morgan fingerprint density at radius 1 is 1.44 bits per heavy atom. The van der Waals surface area contributed by atoms with Gasteiger partial charge in [-0.25, -0.2) is 0 Å². The molecule has 1 aliphatic heterocycles. The highest BCUT2D eigenvalue weighted by molar-refractivity contribution is 5.79. The summed E-state index contributed by atoms with van der Waals surface area (Å²) in [4.78, 5) is 8.38. The summed E-state index contributed by atoms with van der Waals surface area (Å²) in [5.41, 5.74) is 0.817. The Balaban J connectivity index is 1.63. The number of aliphatic hydroxyl groups excluding tert-OH is 1. The van der Waals surface area contributed by atoms with E-state index in [9.17, 15) is 5.11 Å². The molecule has 7 nitrogen and oxygen atoms in total. The second-order valence-electron chi connectivity index (χ2n) is 6.01. The van der Waals surface area contributed by atoms with E-state index in [4.69, 9.17) is 9.47 Å². The van der Waals surface area contributed by atoms with Crippen LogP contribution in [0.5, 0.6) is 0 Å². The first-order valence-corrected chi connectivity index (χ1v) is 9.09. The number of nitrogens with zero attached hydrogens (tertiary/aromatic N) is 2. The Morgan fingerprint density at radius 3 is 3.00 bits per heavy atom. The minimum Gasteiger partial charge on any atom is -0.386 e. The lowest BCUT2D eigenvalue weighted by Crippen LogP contribution is -2.38. The number of aliphatic hydroxyl groups is 1. The van der Waals surface area contributed by atoms with Crippen LogP contribution in [0.1, 0.15) is 37.9 Å². The van der Waals surface area contributed by atoms with Gasteiger partial charge in [-0.15, -0.1) is 0 Å². The van der Waals surface area contributed by atoms with Crippen molar-refractivity contribution in [3.8, 4) is 0 Å². The maximum Gasteiger partial charge on any atom is 0.191 e. The van der Waals surface area contributed by atoms with Crippen molar-refractivity contribution in [2.45, 2.75) is 38.4 Å². The van der Waals surface area contributed by atoms with Gasteiger partial charge in [-0.05, 0) is 43.9 Å². The van der Waals surface area contributed by atoms with Crippen LogP contribution in [0.3, 0.4) is 0 Å². The van der Waals surface area contributed by atoms with Crippen LogP contribution in [0.2, 0.25) is 0 Å². The van der Waals surface area contributed by atoms with Crippen LogP contribution in [-0.2, 0) is 9.47 Å². The number of aromatic nitrogens is 1. The number of guanidine groups is 1. The zero-order valence-electron chi connectivity index (χ0n) is 15.0. The summed E-state index contributed by atoms with van der Waals surface area (Å²) in [5, 5.41) is 16.6. The minimum atomic E-state index is -0.631. The molecule has 7 heteroatoms. The highest BCUT2D eigenvalue weighted by atomic mass is 16.5. The molecular formula is C18H30N4O3. The third-order valence-electron chi connectivity index (χ3n) is 3.94. The molecule has 0 spiro atoms. The van der Waals surface area contributed by atoms with E-state index in [0.717, 1.165) is 44.5 Å². The number of aliphatic imine (C=N–C) groups is 1. The van der Waals surface area contributed by atoms with E-state index < -0.39 is 6.10 Å². The molecule has 25 heavy (non-hydrogen) atoms. The molecule has 2 rings (SSSR count). The van der Waals surface area contributed by atoms with E-state index in [0.29, 0.717) is 25.7 Å². The van der Waals surface area contributed by atoms with Gasteiger partial charge >= 0.3 is 0 Å². The van der Waals surface area contributed by atoms with Crippen molar-refractivity contribution in [2.75, 3.05) is 39.5 Å². The van der Waals surface area contributed by atoms with Gasteiger partial charge in [-0.2, -0.15) is 0 Å². The molecule has 0 radical (unpaired) electrons. The van der Waals surface area contributed by atoms with E-state index in [1.807, 2.05) is 6.92 Å².